The Morgan fingerprint density at radius 1 is 1.00 bits per heavy atom. The van der Waals surface area contributed by atoms with Gasteiger partial charge >= 0.3 is 0 Å². The van der Waals surface area contributed by atoms with Crippen LogP contribution in [0, 0.1) is 10.1 Å². The molecule has 12 heteroatoms. The Kier molecular flexibility index (Phi) is 9.71. The van der Waals surface area contributed by atoms with E-state index in [1.54, 1.807) is 37.3 Å². The number of carbonyl (C=O) groups excluding carboxylic acids is 2. The Bertz CT molecular complexity index is 1500. The number of benzene rings is 3. The van der Waals surface area contributed by atoms with Crippen LogP contribution in [-0.2, 0) is 26.2 Å². The smallest absolute Gasteiger partial charge is 0.271 e. The molecule has 3 aromatic rings. The van der Waals surface area contributed by atoms with Gasteiger partial charge in [0.25, 0.3) is 15.7 Å². The Morgan fingerprint density at radius 2 is 1.66 bits per heavy atom. The molecule has 0 aliphatic heterocycles. The highest BCUT2D eigenvalue weighted by molar-refractivity contribution is 7.92. The highest BCUT2D eigenvalue weighted by atomic mass is 32.2. The van der Waals surface area contributed by atoms with Crippen LogP contribution in [-0.4, -0.2) is 55.3 Å². The van der Waals surface area contributed by atoms with Crippen LogP contribution >= 0.6 is 0 Å². The van der Waals surface area contributed by atoms with E-state index in [1.807, 2.05) is 20.8 Å². The molecule has 0 heterocycles. The van der Waals surface area contributed by atoms with Gasteiger partial charge in [-0.1, -0.05) is 36.4 Å². The van der Waals surface area contributed by atoms with Crippen LogP contribution in [0.15, 0.2) is 83.8 Å². The maximum Gasteiger partial charge on any atom is 0.271 e. The van der Waals surface area contributed by atoms with Crippen LogP contribution in [0.4, 0.5) is 11.4 Å². The van der Waals surface area contributed by atoms with E-state index < -0.39 is 44.9 Å². The second-order valence-electron chi connectivity index (χ2n) is 10.4. The first-order valence-corrected chi connectivity index (χ1v) is 14.2. The molecule has 2 amide bonds. The number of non-ortho nitro benzene ring substituents is 1. The van der Waals surface area contributed by atoms with Crippen LogP contribution in [0.3, 0.4) is 0 Å². The first-order chi connectivity index (χ1) is 19.2. The molecule has 3 aromatic carbocycles. The fourth-order valence-corrected chi connectivity index (χ4v) is 5.46. The summed E-state index contributed by atoms with van der Waals surface area (Å²) in [6, 6.07) is 18.5. The van der Waals surface area contributed by atoms with Crippen LogP contribution in [0.5, 0.6) is 5.75 Å². The summed E-state index contributed by atoms with van der Waals surface area (Å²) in [5.74, 6) is -0.566. The van der Waals surface area contributed by atoms with Crippen molar-refractivity contribution in [2.75, 3.05) is 18.0 Å². The zero-order valence-corrected chi connectivity index (χ0v) is 24.4. The average Bonchev–Trinajstić information content (AvgIpc) is 2.93. The molecule has 0 radical (unpaired) electrons. The number of nitrogens with one attached hydrogen (secondary N) is 1. The number of rotatable bonds is 11. The minimum Gasteiger partial charge on any atom is -0.497 e. The van der Waals surface area contributed by atoms with E-state index in [0.717, 1.165) is 10.4 Å². The van der Waals surface area contributed by atoms with Gasteiger partial charge in [-0.25, -0.2) is 8.42 Å². The standard InChI is InChI=1S/C29H34N4O7S/c1-21(28(35)30-29(2,3)4)31(19-22-11-9-14-25(17-22)40-5)27(34)20-32(23-12-10-13-24(18-23)33(36)37)41(38,39)26-15-7-6-8-16-26/h6-18,21H,19-20H2,1-5H3,(H,30,35)/t21-/m0/s1. The van der Waals surface area contributed by atoms with Crippen molar-refractivity contribution in [2.24, 2.45) is 0 Å². The van der Waals surface area contributed by atoms with Gasteiger partial charge in [0.1, 0.15) is 18.3 Å². The van der Waals surface area contributed by atoms with Crippen molar-refractivity contribution in [3.8, 4) is 5.75 Å². The normalized spacial score (nSPS) is 12.2. The second kappa shape index (κ2) is 12.8. The van der Waals surface area contributed by atoms with Gasteiger partial charge < -0.3 is 15.0 Å². The van der Waals surface area contributed by atoms with Crippen molar-refractivity contribution < 1.29 is 27.7 Å². The fourth-order valence-electron chi connectivity index (χ4n) is 4.03. The van der Waals surface area contributed by atoms with E-state index in [-0.39, 0.29) is 22.8 Å². The lowest BCUT2D eigenvalue weighted by molar-refractivity contribution is -0.384. The summed E-state index contributed by atoms with van der Waals surface area (Å²) in [5.41, 5.74) is -0.332. The number of anilines is 1. The SMILES string of the molecule is COc1cccc(CN(C(=O)CN(c2cccc([N+](=O)[O-])c2)S(=O)(=O)c2ccccc2)[C@@H](C)C(=O)NC(C)(C)C)c1. The molecular weight excluding hydrogens is 548 g/mol. The number of carbonyl (C=O) groups is 2. The zero-order valence-electron chi connectivity index (χ0n) is 23.6. The lowest BCUT2D eigenvalue weighted by Gasteiger charge is -2.33. The van der Waals surface area contributed by atoms with Crippen LogP contribution in [0.1, 0.15) is 33.3 Å². The van der Waals surface area contributed by atoms with Gasteiger partial charge in [0, 0.05) is 24.2 Å². The molecular formula is C29H34N4O7S. The second-order valence-corrected chi connectivity index (χ2v) is 12.3. The first-order valence-electron chi connectivity index (χ1n) is 12.8. The molecule has 41 heavy (non-hydrogen) atoms. The lowest BCUT2D eigenvalue weighted by Crippen LogP contribution is -2.54. The van der Waals surface area contributed by atoms with Gasteiger partial charge in [0.15, 0.2) is 0 Å². The molecule has 3 rings (SSSR count). The molecule has 1 atom stereocenters. The Labute approximate surface area is 239 Å². The van der Waals surface area contributed by atoms with Gasteiger partial charge in [-0.15, -0.1) is 0 Å². The van der Waals surface area contributed by atoms with Gasteiger partial charge in [0.2, 0.25) is 11.8 Å². The van der Waals surface area contributed by atoms with Crippen molar-refractivity contribution >= 4 is 33.2 Å². The van der Waals surface area contributed by atoms with Crippen molar-refractivity contribution in [1.82, 2.24) is 10.2 Å². The number of methoxy groups -OCH3 is 1. The predicted molar refractivity (Wildman–Crippen MR) is 155 cm³/mol. The third-order valence-electron chi connectivity index (χ3n) is 6.09. The summed E-state index contributed by atoms with van der Waals surface area (Å²) in [4.78, 5) is 39.1. The molecule has 0 fully saturated rings. The van der Waals surface area contributed by atoms with Gasteiger partial charge in [0.05, 0.1) is 22.6 Å². The topological polar surface area (TPSA) is 139 Å². The summed E-state index contributed by atoms with van der Waals surface area (Å²) in [5, 5.41) is 14.3. The van der Waals surface area contributed by atoms with E-state index in [4.69, 9.17) is 4.74 Å². The number of hydrogen-bond acceptors (Lipinski definition) is 7. The number of nitro groups is 1. The number of nitro benzene ring substituents is 1. The van der Waals surface area contributed by atoms with Crippen molar-refractivity contribution in [3.63, 3.8) is 0 Å². The monoisotopic (exact) mass is 582 g/mol. The highest BCUT2D eigenvalue weighted by Crippen LogP contribution is 2.28. The molecule has 11 nitrogen and oxygen atoms in total. The van der Waals surface area contributed by atoms with Gasteiger partial charge in [-0.3, -0.25) is 24.0 Å². The van der Waals surface area contributed by atoms with Gasteiger partial charge in [-0.2, -0.15) is 0 Å². The number of hydrogen-bond donors (Lipinski definition) is 1. The predicted octanol–water partition coefficient (Wildman–Crippen LogP) is 4.13. The number of amides is 2. The molecule has 0 saturated heterocycles. The molecule has 0 aliphatic rings. The number of ether oxygens (including phenoxy) is 1. The maximum atomic E-state index is 14.0. The highest BCUT2D eigenvalue weighted by Gasteiger charge is 2.33. The zero-order chi connectivity index (χ0) is 30.4. The van der Waals surface area contributed by atoms with Crippen molar-refractivity contribution in [2.45, 2.75) is 50.7 Å². The van der Waals surface area contributed by atoms with E-state index in [0.29, 0.717) is 11.3 Å². The molecule has 0 spiro atoms. The molecule has 1 N–H and O–H groups in total. The van der Waals surface area contributed by atoms with Crippen molar-refractivity contribution in [3.05, 3.63) is 94.5 Å². The molecule has 0 bridgehead atoms. The van der Waals surface area contributed by atoms with E-state index in [9.17, 15) is 28.1 Å². The van der Waals surface area contributed by atoms with E-state index in [1.165, 1.54) is 54.5 Å². The Balaban J connectivity index is 2.08. The van der Waals surface area contributed by atoms with Crippen LogP contribution < -0.4 is 14.4 Å². The summed E-state index contributed by atoms with van der Waals surface area (Å²) < 4.78 is 33.7. The van der Waals surface area contributed by atoms with Crippen molar-refractivity contribution in [1.29, 1.82) is 0 Å². The van der Waals surface area contributed by atoms with Crippen LogP contribution in [0.25, 0.3) is 0 Å². The fraction of sp³-hybridized carbons (Fsp3) is 0.310. The summed E-state index contributed by atoms with van der Waals surface area (Å²) >= 11 is 0. The van der Waals surface area contributed by atoms with Gasteiger partial charge in [-0.05, 0) is 63.6 Å². The number of sulfonamides is 1. The minimum atomic E-state index is -4.34. The molecule has 0 aliphatic carbocycles. The lowest BCUT2D eigenvalue weighted by atomic mass is 10.1. The van der Waals surface area contributed by atoms with E-state index >= 15 is 0 Å². The maximum absolute atomic E-state index is 14.0. The molecule has 0 aromatic heterocycles. The minimum absolute atomic E-state index is 0.0249. The average molecular weight is 583 g/mol. The molecule has 0 saturated carbocycles. The summed E-state index contributed by atoms with van der Waals surface area (Å²) in [7, 11) is -2.83. The Morgan fingerprint density at radius 3 is 2.27 bits per heavy atom. The van der Waals surface area contributed by atoms with Crippen LogP contribution in [0.2, 0.25) is 0 Å². The summed E-state index contributed by atoms with van der Waals surface area (Å²) in [6.45, 7) is 6.24. The quantitative estimate of drug-likeness (QED) is 0.265. The first kappa shape index (κ1) is 31.1. The third-order valence-corrected chi connectivity index (χ3v) is 7.88. The van der Waals surface area contributed by atoms with E-state index in [2.05, 4.69) is 5.32 Å². The molecule has 0 unspecified atom stereocenters. The molecule has 218 valence electrons. The summed E-state index contributed by atoms with van der Waals surface area (Å²) in [6.07, 6.45) is 0. The Hall–Kier alpha value is -4.45. The number of nitrogens with zero attached hydrogens (tertiary/aromatic N) is 3. The third kappa shape index (κ3) is 8.04. The largest absolute Gasteiger partial charge is 0.497 e.